The Morgan fingerprint density at radius 2 is 1.83 bits per heavy atom. The third-order valence-electron chi connectivity index (χ3n) is 2.76. The Morgan fingerprint density at radius 3 is 2.17 bits per heavy atom. The van der Waals surface area contributed by atoms with Crippen molar-refractivity contribution < 1.29 is 4.79 Å². The maximum absolute atomic E-state index is 11.9. The lowest BCUT2D eigenvalue weighted by molar-refractivity contribution is 0.176. The second kappa shape index (κ2) is 13.8. The largest absolute Gasteiger partial charge is 0.384 e. The first-order valence-corrected chi connectivity index (χ1v) is 7.88. The zero-order chi connectivity index (χ0) is 18.4. The van der Waals surface area contributed by atoms with Gasteiger partial charge in [-0.15, -0.1) is 6.58 Å². The molecule has 0 unspecified atom stereocenters. The summed E-state index contributed by atoms with van der Waals surface area (Å²) in [7, 11) is 5.32. The van der Waals surface area contributed by atoms with Crippen molar-refractivity contribution in [2.75, 3.05) is 40.8 Å². The van der Waals surface area contributed by atoms with Gasteiger partial charge in [0.25, 0.3) is 0 Å². The van der Waals surface area contributed by atoms with Crippen LogP contribution in [0.3, 0.4) is 0 Å². The molecule has 0 aromatic carbocycles. The zero-order valence-electron chi connectivity index (χ0n) is 15.9. The number of nitrogens with two attached hydrogens (primary N) is 1. The third kappa shape index (κ3) is 14.9. The van der Waals surface area contributed by atoms with Crippen molar-refractivity contribution in [3.8, 4) is 0 Å². The van der Waals surface area contributed by atoms with Gasteiger partial charge in [-0.25, -0.2) is 9.79 Å². The van der Waals surface area contributed by atoms with Crippen molar-refractivity contribution >= 4 is 11.7 Å². The molecule has 0 saturated heterocycles. The van der Waals surface area contributed by atoms with Crippen LogP contribution in [0.4, 0.5) is 4.79 Å². The minimum Gasteiger partial charge on any atom is -0.384 e. The summed E-state index contributed by atoms with van der Waals surface area (Å²) in [5, 5.41) is 3.02. The summed E-state index contributed by atoms with van der Waals surface area (Å²) >= 11 is 0. The van der Waals surface area contributed by atoms with E-state index in [4.69, 9.17) is 5.73 Å². The van der Waals surface area contributed by atoms with Crippen molar-refractivity contribution in [1.29, 1.82) is 0 Å². The van der Waals surface area contributed by atoms with Gasteiger partial charge in [0, 0.05) is 39.4 Å². The van der Waals surface area contributed by atoms with E-state index in [2.05, 4.69) is 23.8 Å². The number of hydrogen-bond acceptors (Lipinski definition) is 4. The minimum atomic E-state index is -0.0356. The summed E-state index contributed by atoms with van der Waals surface area (Å²) in [6.07, 6.45) is 2.87. The Hall–Kier alpha value is -1.82. The van der Waals surface area contributed by atoms with E-state index in [1.165, 1.54) is 5.57 Å². The smallest absolute Gasteiger partial charge is 0.319 e. The molecule has 6 heteroatoms. The molecule has 0 aliphatic carbocycles. The van der Waals surface area contributed by atoms with Gasteiger partial charge in [-0.2, -0.15) is 0 Å². The molecular formula is C17H35N5O. The Kier molecular flexibility index (Phi) is 14.1. The number of carbonyl (C=O) groups is 1. The number of carbonyl (C=O) groups excluding carboxylic acids is 1. The van der Waals surface area contributed by atoms with Crippen LogP contribution in [-0.4, -0.2) is 62.3 Å². The molecule has 2 amide bonds. The highest BCUT2D eigenvalue weighted by Gasteiger charge is 2.13. The van der Waals surface area contributed by atoms with Crippen molar-refractivity contribution in [2.24, 2.45) is 10.7 Å². The fraction of sp³-hybridized carbons (Fsp3) is 0.647. The minimum absolute atomic E-state index is 0.0356. The van der Waals surface area contributed by atoms with E-state index >= 15 is 0 Å². The third-order valence-corrected chi connectivity index (χ3v) is 2.76. The number of likely N-dealkylation sites (N-methyl/N-ethyl adjacent to an activating group) is 1. The number of rotatable bonds is 7. The van der Waals surface area contributed by atoms with Crippen LogP contribution >= 0.6 is 0 Å². The predicted molar refractivity (Wildman–Crippen MR) is 101 cm³/mol. The van der Waals surface area contributed by atoms with Gasteiger partial charge >= 0.3 is 6.03 Å². The highest BCUT2D eigenvalue weighted by Crippen LogP contribution is 1.97. The predicted octanol–water partition coefficient (Wildman–Crippen LogP) is 2.44. The molecule has 0 rings (SSSR count). The normalized spacial score (nSPS) is 10.3. The van der Waals surface area contributed by atoms with Gasteiger partial charge in [0.05, 0.1) is 0 Å². The molecule has 0 aliphatic heterocycles. The molecule has 0 aromatic rings. The average Bonchev–Trinajstić information content (AvgIpc) is 2.46. The van der Waals surface area contributed by atoms with Gasteiger partial charge in [0.2, 0.25) is 0 Å². The number of allylic oxidation sites excluding steroid dienone is 1. The van der Waals surface area contributed by atoms with Gasteiger partial charge in [-0.05, 0) is 40.3 Å². The maximum atomic E-state index is 11.9. The molecular weight excluding hydrogens is 290 g/mol. The van der Waals surface area contributed by atoms with Crippen LogP contribution in [-0.2, 0) is 0 Å². The highest BCUT2D eigenvalue weighted by molar-refractivity contribution is 5.80. The summed E-state index contributed by atoms with van der Waals surface area (Å²) < 4.78 is 0. The standard InChI is InChI=1S/C12H25N5O.C5H10/c1-10(2)15-11(13)6-8-17(9-7-14-3)12(18)16(4)5;1-4-5(2)3/h6,14H,7-9,13H2,1-5H3;2,4H2,1,3H3/b11-6-;. The lowest BCUT2D eigenvalue weighted by Gasteiger charge is -2.24. The van der Waals surface area contributed by atoms with Crippen LogP contribution in [0, 0.1) is 0 Å². The SMILES string of the molecule is C=C(C)CC.CNCCN(C/C=C(/N)N=C(C)C)C(=O)N(C)C. The van der Waals surface area contributed by atoms with Crippen molar-refractivity contribution in [3.05, 3.63) is 24.0 Å². The molecule has 23 heavy (non-hydrogen) atoms. The van der Waals surface area contributed by atoms with Crippen LogP contribution in [0.1, 0.15) is 34.1 Å². The molecule has 0 spiro atoms. The number of urea groups is 1. The van der Waals surface area contributed by atoms with Gasteiger partial charge in [0.15, 0.2) is 0 Å². The molecule has 0 radical (unpaired) electrons. The first-order valence-electron chi connectivity index (χ1n) is 7.88. The summed E-state index contributed by atoms with van der Waals surface area (Å²) in [6.45, 7) is 13.4. The van der Waals surface area contributed by atoms with Gasteiger partial charge < -0.3 is 20.9 Å². The molecule has 0 fully saturated rings. The summed E-state index contributed by atoms with van der Waals surface area (Å²) in [5.41, 5.74) is 7.88. The van der Waals surface area contributed by atoms with Crippen molar-refractivity contribution in [1.82, 2.24) is 15.1 Å². The first kappa shape index (κ1) is 23.4. The van der Waals surface area contributed by atoms with Crippen molar-refractivity contribution in [3.63, 3.8) is 0 Å². The lowest BCUT2D eigenvalue weighted by Crippen LogP contribution is -2.42. The maximum Gasteiger partial charge on any atom is 0.319 e. The number of hydrogen-bond donors (Lipinski definition) is 2. The lowest BCUT2D eigenvalue weighted by atomic mass is 10.3. The van der Waals surface area contributed by atoms with Crippen molar-refractivity contribution in [2.45, 2.75) is 34.1 Å². The number of aliphatic imine (C=N–C) groups is 1. The number of nitrogens with one attached hydrogen (secondary N) is 1. The Morgan fingerprint density at radius 1 is 1.30 bits per heavy atom. The van der Waals surface area contributed by atoms with Crippen LogP contribution in [0.5, 0.6) is 0 Å². The fourth-order valence-corrected chi connectivity index (χ4v) is 1.30. The molecule has 0 heterocycles. The summed E-state index contributed by atoms with van der Waals surface area (Å²) in [4.78, 5) is 19.3. The molecule has 0 atom stereocenters. The Balaban J connectivity index is 0. The molecule has 134 valence electrons. The number of nitrogens with zero attached hydrogens (tertiary/aromatic N) is 3. The molecule has 6 nitrogen and oxygen atoms in total. The second-order valence-corrected chi connectivity index (χ2v) is 5.73. The van der Waals surface area contributed by atoms with Gasteiger partial charge in [-0.3, -0.25) is 0 Å². The zero-order valence-corrected chi connectivity index (χ0v) is 15.9. The van der Waals surface area contributed by atoms with E-state index in [1.54, 1.807) is 30.0 Å². The van der Waals surface area contributed by atoms with E-state index in [1.807, 2.05) is 27.8 Å². The average molecular weight is 326 g/mol. The van der Waals surface area contributed by atoms with Crippen LogP contribution in [0.2, 0.25) is 0 Å². The molecule has 0 saturated carbocycles. The van der Waals surface area contributed by atoms with E-state index in [9.17, 15) is 4.79 Å². The van der Waals surface area contributed by atoms with Crippen LogP contribution in [0.25, 0.3) is 0 Å². The van der Waals surface area contributed by atoms with Gasteiger partial charge in [0.1, 0.15) is 5.82 Å². The van der Waals surface area contributed by atoms with Gasteiger partial charge in [-0.1, -0.05) is 12.5 Å². The Bertz CT molecular complexity index is 409. The molecule has 0 aliphatic rings. The van der Waals surface area contributed by atoms with Crippen LogP contribution in [0.15, 0.2) is 29.0 Å². The highest BCUT2D eigenvalue weighted by atomic mass is 16.2. The Labute approximate surface area is 142 Å². The number of amides is 2. The van der Waals surface area contributed by atoms with E-state index in [-0.39, 0.29) is 6.03 Å². The van der Waals surface area contributed by atoms with Crippen LogP contribution < -0.4 is 11.1 Å². The second-order valence-electron chi connectivity index (χ2n) is 5.73. The first-order chi connectivity index (χ1) is 10.6. The van der Waals surface area contributed by atoms with E-state index < -0.39 is 0 Å². The monoisotopic (exact) mass is 325 g/mol. The van der Waals surface area contributed by atoms with E-state index in [0.29, 0.717) is 18.9 Å². The van der Waals surface area contributed by atoms with E-state index in [0.717, 1.165) is 18.7 Å². The summed E-state index contributed by atoms with van der Waals surface area (Å²) in [5.74, 6) is 0.441. The molecule has 3 N–H and O–H groups in total. The molecule has 0 aromatic heterocycles. The topological polar surface area (TPSA) is 74.0 Å². The quantitative estimate of drug-likeness (QED) is 0.558. The summed E-state index contributed by atoms with van der Waals surface area (Å²) in [6, 6.07) is -0.0356. The molecule has 0 bridgehead atoms. The fourth-order valence-electron chi connectivity index (χ4n) is 1.30.